The van der Waals surface area contributed by atoms with Crippen LogP contribution in [0.15, 0.2) is 51.8 Å². The summed E-state index contributed by atoms with van der Waals surface area (Å²) in [5, 5.41) is 0.789. The number of aryl methyl sites for hydroxylation is 1. The Hall–Kier alpha value is -3.31. The first-order chi connectivity index (χ1) is 15.7. The van der Waals surface area contributed by atoms with Gasteiger partial charge < -0.3 is 4.42 Å². The number of hydrogen-bond donors (Lipinski definition) is 2. The largest absolute Gasteiger partial charge is 0.451 e. The van der Waals surface area contributed by atoms with E-state index < -0.39 is 44.3 Å². The van der Waals surface area contributed by atoms with Crippen LogP contribution in [0.25, 0.3) is 11.0 Å². The van der Waals surface area contributed by atoms with Gasteiger partial charge >= 0.3 is 5.91 Å². The van der Waals surface area contributed by atoms with Gasteiger partial charge in [0.2, 0.25) is 15.9 Å². The summed E-state index contributed by atoms with van der Waals surface area (Å²) in [6, 6.07) is 9.39. The van der Waals surface area contributed by atoms with Crippen molar-refractivity contribution in [2.75, 3.05) is 13.1 Å². The molecule has 2 amide bonds. The monoisotopic (exact) mass is 477 g/mol. The number of sulfonamides is 1. The second-order valence-corrected chi connectivity index (χ2v) is 9.66. The third kappa shape index (κ3) is 4.46. The van der Waals surface area contributed by atoms with Crippen LogP contribution in [0.1, 0.15) is 29.0 Å². The second-order valence-electron chi connectivity index (χ2n) is 7.75. The lowest BCUT2D eigenvalue weighted by Gasteiger charge is -2.30. The highest BCUT2D eigenvalue weighted by Gasteiger charge is 2.34. The Morgan fingerprint density at radius 3 is 2.45 bits per heavy atom. The SMILES string of the molecule is Cc1c(C(=O)NNC(=O)C2CCN(S(=O)(=O)c3cc(F)ccc3F)CC2)oc2ccccc12. The fraction of sp³-hybridized carbons (Fsp3) is 0.273. The molecule has 2 aromatic carbocycles. The minimum absolute atomic E-state index is 0.0486. The van der Waals surface area contributed by atoms with Crippen LogP contribution in [0.4, 0.5) is 8.78 Å². The van der Waals surface area contributed by atoms with Gasteiger partial charge in [-0.15, -0.1) is 0 Å². The number of furan rings is 1. The van der Waals surface area contributed by atoms with Crippen LogP contribution < -0.4 is 10.9 Å². The van der Waals surface area contributed by atoms with Gasteiger partial charge in [0.25, 0.3) is 0 Å². The van der Waals surface area contributed by atoms with E-state index >= 15 is 0 Å². The van der Waals surface area contributed by atoms with Crippen molar-refractivity contribution in [2.45, 2.75) is 24.7 Å². The molecule has 33 heavy (non-hydrogen) atoms. The maximum Gasteiger partial charge on any atom is 0.305 e. The van der Waals surface area contributed by atoms with Crippen LogP contribution in [0.3, 0.4) is 0 Å². The van der Waals surface area contributed by atoms with Gasteiger partial charge in [-0.05, 0) is 44.0 Å². The molecule has 1 fully saturated rings. The molecule has 0 radical (unpaired) electrons. The van der Waals surface area contributed by atoms with E-state index in [-0.39, 0.29) is 31.7 Å². The van der Waals surface area contributed by atoms with Crippen molar-refractivity contribution in [3.05, 3.63) is 65.4 Å². The zero-order valence-electron chi connectivity index (χ0n) is 17.6. The Labute approximate surface area is 188 Å². The predicted molar refractivity (Wildman–Crippen MR) is 114 cm³/mol. The summed E-state index contributed by atoms with van der Waals surface area (Å²) in [7, 11) is -4.24. The normalized spacial score (nSPS) is 15.5. The van der Waals surface area contributed by atoms with E-state index in [2.05, 4.69) is 10.9 Å². The van der Waals surface area contributed by atoms with Crippen LogP contribution >= 0.6 is 0 Å². The number of carbonyl (C=O) groups is 2. The number of nitrogens with zero attached hydrogens (tertiary/aromatic N) is 1. The van der Waals surface area contributed by atoms with Crippen LogP contribution in [-0.4, -0.2) is 37.6 Å². The Balaban J connectivity index is 1.35. The molecule has 4 rings (SSSR count). The molecular weight excluding hydrogens is 456 g/mol. The molecule has 0 bridgehead atoms. The first kappa shape index (κ1) is 22.9. The molecule has 8 nitrogen and oxygen atoms in total. The molecule has 0 unspecified atom stereocenters. The maximum atomic E-state index is 14.0. The first-order valence-corrected chi connectivity index (χ1v) is 11.7. The summed E-state index contributed by atoms with van der Waals surface area (Å²) in [6.07, 6.45) is 0.309. The number of hydrogen-bond acceptors (Lipinski definition) is 5. The quantitative estimate of drug-likeness (QED) is 0.562. The van der Waals surface area contributed by atoms with Crippen LogP contribution in [-0.2, 0) is 14.8 Å². The van der Waals surface area contributed by atoms with E-state index in [1.807, 2.05) is 12.1 Å². The number of para-hydroxylation sites is 1. The lowest BCUT2D eigenvalue weighted by atomic mass is 9.98. The summed E-state index contributed by atoms with van der Waals surface area (Å²) in [6.45, 7) is 1.64. The predicted octanol–water partition coefficient (Wildman–Crippen LogP) is 2.88. The first-order valence-electron chi connectivity index (χ1n) is 10.2. The zero-order chi connectivity index (χ0) is 23.8. The van der Waals surface area contributed by atoms with Crippen molar-refractivity contribution >= 4 is 32.8 Å². The van der Waals surface area contributed by atoms with Gasteiger partial charge in [0.1, 0.15) is 22.1 Å². The van der Waals surface area contributed by atoms with Gasteiger partial charge in [0.15, 0.2) is 5.76 Å². The number of amides is 2. The molecule has 0 spiro atoms. The number of benzene rings is 2. The molecule has 0 aliphatic carbocycles. The lowest BCUT2D eigenvalue weighted by Crippen LogP contribution is -2.48. The number of hydrazine groups is 1. The fourth-order valence-corrected chi connectivity index (χ4v) is 5.39. The summed E-state index contributed by atoms with van der Waals surface area (Å²) in [5.74, 6) is -3.48. The number of piperidine rings is 1. The fourth-order valence-electron chi connectivity index (χ4n) is 3.84. The van der Waals surface area contributed by atoms with Gasteiger partial charge in [-0.2, -0.15) is 4.31 Å². The van der Waals surface area contributed by atoms with Crippen LogP contribution in [0, 0.1) is 24.5 Å². The van der Waals surface area contributed by atoms with Crippen molar-refractivity contribution < 1.29 is 31.2 Å². The molecule has 2 heterocycles. The van der Waals surface area contributed by atoms with Gasteiger partial charge in [-0.1, -0.05) is 18.2 Å². The highest BCUT2D eigenvalue weighted by atomic mass is 32.2. The molecule has 3 aromatic rings. The van der Waals surface area contributed by atoms with E-state index in [1.165, 1.54) is 0 Å². The van der Waals surface area contributed by atoms with Crippen molar-refractivity contribution in [2.24, 2.45) is 5.92 Å². The second kappa shape index (κ2) is 8.91. The Morgan fingerprint density at radius 1 is 1.06 bits per heavy atom. The van der Waals surface area contributed by atoms with Gasteiger partial charge in [-0.3, -0.25) is 20.4 Å². The molecule has 2 N–H and O–H groups in total. The van der Waals surface area contributed by atoms with E-state index in [1.54, 1.807) is 19.1 Å². The van der Waals surface area contributed by atoms with Crippen molar-refractivity contribution in [1.82, 2.24) is 15.2 Å². The molecule has 1 saturated heterocycles. The van der Waals surface area contributed by atoms with E-state index in [0.717, 1.165) is 21.8 Å². The minimum Gasteiger partial charge on any atom is -0.451 e. The van der Waals surface area contributed by atoms with E-state index in [0.29, 0.717) is 17.2 Å². The van der Waals surface area contributed by atoms with Crippen molar-refractivity contribution in [1.29, 1.82) is 0 Å². The minimum atomic E-state index is -4.24. The highest BCUT2D eigenvalue weighted by molar-refractivity contribution is 7.89. The standard InChI is InChI=1S/C22H21F2N3O5S/c1-13-16-4-2-3-5-18(16)32-20(13)22(29)26-25-21(28)14-8-10-27(11-9-14)33(30,31)19-12-15(23)6-7-17(19)24/h2-7,12,14H,8-11H2,1H3,(H,25,28)(H,26,29). The van der Waals surface area contributed by atoms with Crippen molar-refractivity contribution in [3.63, 3.8) is 0 Å². The third-order valence-electron chi connectivity index (χ3n) is 5.68. The summed E-state index contributed by atoms with van der Waals surface area (Å²) in [5.41, 5.74) is 5.86. The van der Waals surface area contributed by atoms with Gasteiger partial charge in [-0.25, -0.2) is 17.2 Å². The maximum absolute atomic E-state index is 14.0. The average molecular weight is 477 g/mol. The average Bonchev–Trinajstić information content (AvgIpc) is 3.15. The number of fused-ring (bicyclic) bond motifs is 1. The molecule has 174 valence electrons. The lowest BCUT2D eigenvalue weighted by molar-refractivity contribution is -0.126. The topological polar surface area (TPSA) is 109 Å². The van der Waals surface area contributed by atoms with Gasteiger partial charge in [0.05, 0.1) is 0 Å². The molecule has 0 atom stereocenters. The van der Waals surface area contributed by atoms with E-state index in [4.69, 9.17) is 4.42 Å². The zero-order valence-corrected chi connectivity index (χ0v) is 18.4. The summed E-state index contributed by atoms with van der Waals surface area (Å²) >= 11 is 0. The highest BCUT2D eigenvalue weighted by Crippen LogP contribution is 2.27. The van der Waals surface area contributed by atoms with Crippen LogP contribution in [0.5, 0.6) is 0 Å². The molecule has 11 heteroatoms. The number of carbonyl (C=O) groups excluding carboxylic acids is 2. The van der Waals surface area contributed by atoms with Crippen molar-refractivity contribution in [3.8, 4) is 0 Å². The third-order valence-corrected chi connectivity index (χ3v) is 7.60. The molecular formula is C22H21F2N3O5S. The molecule has 1 aliphatic heterocycles. The Morgan fingerprint density at radius 2 is 1.76 bits per heavy atom. The number of halogens is 2. The summed E-state index contributed by atoms with van der Waals surface area (Å²) in [4.78, 5) is 24.2. The molecule has 1 aromatic heterocycles. The molecule has 0 saturated carbocycles. The summed E-state index contributed by atoms with van der Waals surface area (Å²) < 4.78 is 59.3. The smallest absolute Gasteiger partial charge is 0.305 e. The number of nitrogens with one attached hydrogen (secondary N) is 2. The van der Waals surface area contributed by atoms with E-state index in [9.17, 15) is 26.8 Å². The Kier molecular flexibility index (Phi) is 6.17. The number of rotatable bonds is 4. The Bertz CT molecular complexity index is 1330. The van der Waals surface area contributed by atoms with Gasteiger partial charge in [0, 0.05) is 30.0 Å². The molecule has 1 aliphatic rings. The van der Waals surface area contributed by atoms with Crippen LogP contribution in [0.2, 0.25) is 0 Å².